The molecular weight excluding hydrogens is 206 g/mol. The first kappa shape index (κ1) is 8.83. The Hall–Kier alpha value is -1.75. The van der Waals surface area contributed by atoms with Crippen LogP contribution in [0, 0.1) is 0 Å². The molecule has 0 radical (unpaired) electrons. The number of aromatic amines is 1. The highest BCUT2D eigenvalue weighted by molar-refractivity contribution is 6.31. The minimum Gasteiger partial charge on any atom is -0.332 e. The van der Waals surface area contributed by atoms with Gasteiger partial charge in [0.15, 0.2) is 0 Å². The van der Waals surface area contributed by atoms with E-state index in [9.17, 15) is 9.59 Å². The van der Waals surface area contributed by atoms with Crippen molar-refractivity contribution in [1.82, 2.24) is 9.66 Å². The molecule has 0 atom stereocenters. The Balaban J connectivity index is 3.06. The first-order chi connectivity index (χ1) is 6.59. The third kappa shape index (κ3) is 1.18. The van der Waals surface area contributed by atoms with Gasteiger partial charge in [-0.25, -0.2) is 4.79 Å². The molecule has 0 aliphatic heterocycles. The Bertz CT molecular complexity index is 614. The summed E-state index contributed by atoms with van der Waals surface area (Å²) in [4.78, 5) is 25.0. The van der Waals surface area contributed by atoms with Gasteiger partial charge < -0.3 is 10.8 Å². The van der Waals surface area contributed by atoms with E-state index in [0.717, 1.165) is 0 Å². The van der Waals surface area contributed by atoms with Crippen LogP contribution in [0.15, 0.2) is 27.8 Å². The van der Waals surface area contributed by atoms with Crippen LogP contribution in [0.1, 0.15) is 0 Å². The average Bonchev–Trinajstić information content (AvgIpc) is 2.14. The predicted octanol–water partition coefficient (Wildman–Crippen LogP) is 0.0570. The van der Waals surface area contributed by atoms with Gasteiger partial charge in [-0.15, -0.1) is 0 Å². The van der Waals surface area contributed by atoms with Crippen LogP contribution in [0.5, 0.6) is 0 Å². The fraction of sp³-hybridized carbons (Fsp3) is 0. The quantitative estimate of drug-likeness (QED) is 0.605. The number of nitrogens with zero attached hydrogens (tertiary/aromatic N) is 1. The maximum Gasteiger partial charge on any atom is 0.347 e. The Labute approximate surface area is 82.7 Å². The zero-order valence-electron chi connectivity index (χ0n) is 6.95. The molecule has 1 heterocycles. The number of hydrogen-bond donors (Lipinski definition) is 2. The van der Waals surface area contributed by atoms with Crippen molar-refractivity contribution in [2.45, 2.75) is 0 Å². The number of rotatable bonds is 0. The van der Waals surface area contributed by atoms with E-state index in [0.29, 0.717) is 20.6 Å². The highest BCUT2D eigenvalue weighted by atomic mass is 35.5. The van der Waals surface area contributed by atoms with Gasteiger partial charge in [0.2, 0.25) is 0 Å². The van der Waals surface area contributed by atoms with Crippen LogP contribution in [0.2, 0.25) is 5.02 Å². The molecule has 1 aromatic heterocycles. The number of hydrogen-bond acceptors (Lipinski definition) is 3. The normalized spacial score (nSPS) is 10.6. The lowest BCUT2D eigenvalue weighted by Gasteiger charge is -2.00. The maximum atomic E-state index is 11.4. The molecule has 0 spiro atoms. The molecular formula is C8H6ClN3O2. The molecule has 0 aliphatic rings. The van der Waals surface area contributed by atoms with Crippen LogP contribution in [0.25, 0.3) is 10.9 Å². The summed E-state index contributed by atoms with van der Waals surface area (Å²) in [7, 11) is 0. The van der Waals surface area contributed by atoms with E-state index in [2.05, 4.69) is 4.98 Å². The number of nitrogens with one attached hydrogen (secondary N) is 1. The predicted molar refractivity (Wildman–Crippen MR) is 54.0 cm³/mol. The van der Waals surface area contributed by atoms with Crippen molar-refractivity contribution in [2.75, 3.05) is 5.84 Å². The highest BCUT2D eigenvalue weighted by Crippen LogP contribution is 2.12. The minimum absolute atomic E-state index is 0.330. The molecule has 3 N–H and O–H groups in total. The van der Waals surface area contributed by atoms with Gasteiger partial charge >= 0.3 is 5.69 Å². The van der Waals surface area contributed by atoms with E-state index in [1.165, 1.54) is 12.1 Å². The van der Waals surface area contributed by atoms with Crippen molar-refractivity contribution in [3.63, 3.8) is 0 Å². The first-order valence-corrected chi connectivity index (χ1v) is 4.17. The van der Waals surface area contributed by atoms with Crippen LogP contribution < -0.4 is 17.1 Å². The summed E-state index contributed by atoms with van der Waals surface area (Å²) in [5.74, 6) is 5.21. The molecule has 72 valence electrons. The van der Waals surface area contributed by atoms with Gasteiger partial charge in [-0.1, -0.05) is 11.6 Å². The number of halogens is 1. The molecule has 0 saturated heterocycles. The molecule has 0 amide bonds. The SMILES string of the molecule is Nn1c(=O)[nH]c2cc(Cl)ccc2c1=O. The minimum atomic E-state index is -0.662. The summed E-state index contributed by atoms with van der Waals surface area (Å²) < 4.78 is 0.524. The maximum absolute atomic E-state index is 11.4. The number of nitrogens with two attached hydrogens (primary N) is 1. The van der Waals surface area contributed by atoms with Crippen molar-refractivity contribution in [3.05, 3.63) is 44.1 Å². The van der Waals surface area contributed by atoms with E-state index in [1.54, 1.807) is 6.07 Å². The van der Waals surface area contributed by atoms with Crippen molar-refractivity contribution in [1.29, 1.82) is 0 Å². The summed E-state index contributed by atoms with van der Waals surface area (Å²) in [6.07, 6.45) is 0. The molecule has 5 nitrogen and oxygen atoms in total. The number of fused-ring (bicyclic) bond motifs is 1. The third-order valence-electron chi connectivity index (χ3n) is 1.89. The second-order valence-electron chi connectivity index (χ2n) is 2.80. The summed E-state index contributed by atoms with van der Waals surface area (Å²) in [5.41, 5.74) is -0.820. The molecule has 0 fully saturated rings. The third-order valence-corrected chi connectivity index (χ3v) is 2.13. The van der Waals surface area contributed by atoms with Gasteiger partial charge in [0.1, 0.15) is 0 Å². The molecule has 0 saturated carbocycles. The van der Waals surface area contributed by atoms with Gasteiger partial charge in [0.05, 0.1) is 10.9 Å². The smallest absolute Gasteiger partial charge is 0.332 e. The summed E-state index contributed by atoms with van der Waals surface area (Å²) in [5, 5.41) is 0.777. The van der Waals surface area contributed by atoms with Crippen LogP contribution >= 0.6 is 11.6 Å². The van der Waals surface area contributed by atoms with Crippen LogP contribution in [0.4, 0.5) is 0 Å². The van der Waals surface area contributed by atoms with E-state index in [-0.39, 0.29) is 0 Å². The van der Waals surface area contributed by atoms with Gasteiger partial charge in [0, 0.05) is 5.02 Å². The Morgan fingerprint density at radius 2 is 2.07 bits per heavy atom. The van der Waals surface area contributed by atoms with Crippen molar-refractivity contribution < 1.29 is 0 Å². The molecule has 2 aromatic rings. The van der Waals surface area contributed by atoms with Crippen molar-refractivity contribution >= 4 is 22.5 Å². The van der Waals surface area contributed by atoms with Crippen LogP contribution in [-0.4, -0.2) is 9.66 Å². The lowest BCUT2D eigenvalue weighted by molar-refractivity contribution is 0.856. The Morgan fingerprint density at radius 1 is 1.36 bits per heavy atom. The van der Waals surface area contributed by atoms with E-state index >= 15 is 0 Å². The van der Waals surface area contributed by atoms with E-state index in [1.807, 2.05) is 0 Å². The molecule has 2 rings (SSSR count). The Morgan fingerprint density at radius 3 is 2.79 bits per heavy atom. The van der Waals surface area contributed by atoms with Gasteiger partial charge in [-0.05, 0) is 18.2 Å². The lowest BCUT2D eigenvalue weighted by Crippen LogP contribution is -2.40. The van der Waals surface area contributed by atoms with Crippen molar-refractivity contribution in [3.8, 4) is 0 Å². The van der Waals surface area contributed by atoms with Gasteiger partial charge in [-0.3, -0.25) is 4.79 Å². The molecule has 6 heteroatoms. The van der Waals surface area contributed by atoms with Crippen LogP contribution in [-0.2, 0) is 0 Å². The molecule has 0 aliphatic carbocycles. The van der Waals surface area contributed by atoms with Gasteiger partial charge in [0.25, 0.3) is 5.56 Å². The topological polar surface area (TPSA) is 80.9 Å². The molecule has 14 heavy (non-hydrogen) atoms. The average molecular weight is 212 g/mol. The molecule has 0 unspecified atom stereocenters. The fourth-order valence-corrected chi connectivity index (χ4v) is 1.38. The van der Waals surface area contributed by atoms with Gasteiger partial charge in [-0.2, -0.15) is 4.68 Å². The zero-order chi connectivity index (χ0) is 10.3. The summed E-state index contributed by atoms with van der Waals surface area (Å²) in [6.45, 7) is 0. The lowest BCUT2D eigenvalue weighted by atomic mass is 10.2. The highest BCUT2D eigenvalue weighted by Gasteiger charge is 2.04. The zero-order valence-corrected chi connectivity index (χ0v) is 7.71. The molecule has 1 aromatic carbocycles. The number of nitrogen functional groups attached to an aromatic ring is 1. The van der Waals surface area contributed by atoms with Crippen LogP contribution in [0.3, 0.4) is 0 Å². The van der Waals surface area contributed by atoms with E-state index in [4.69, 9.17) is 17.4 Å². The van der Waals surface area contributed by atoms with Crippen molar-refractivity contribution in [2.24, 2.45) is 0 Å². The molecule has 0 bridgehead atoms. The summed E-state index contributed by atoms with van der Waals surface area (Å²) in [6, 6.07) is 4.57. The Kier molecular flexibility index (Phi) is 1.82. The largest absolute Gasteiger partial charge is 0.347 e. The number of H-pyrrole nitrogens is 1. The number of aromatic nitrogens is 2. The fourth-order valence-electron chi connectivity index (χ4n) is 1.20. The second kappa shape index (κ2) is 2.88. The second-order valence-corrected chi connectivity index (χ2v) is 3.23. The monoisotopic (exact) mass is 211 g/mol. The summed E-state index contributed by atoms with van der Waals surface area (Å²) >= 11 is 5.70. The number of benzene rings is 1. The first-order valence-electron chi connectivity index (χ1n) is 3.79. The standard InChI is InChI=1S/C8H6ClN3O2/c9-4-1-2-5-6(3-4)11-8(14)12(10)7(5)13/h1-3H,10H2,(H,11,14). The van der Waals surface area contributed by atoms with E-state index < -0.39 is 11.2 Å².